The van der Waals surface area contributed by atoms with Gasteiger partial charge in [0, 0.05) is 6.04 Å². The second-order valence-corrected chi connectivity index (χ2v) is 6.53. The second kappa shape index (κ2) is 6.08. The third kappa shape index (κ3) is 2.92. The average Bonchev–Trinajstić information content (AvgIpc) is 3.10. The van der Waals surface area contributed by atoms with Crippen LogP contribution in [-0.4, -0.2) is 18.6 Å². The van der Waals surface area contributed by atoms with Crippen molar-refractivity contribution in [2.75, 3.05) is 6.61 Å². The van der Waals surface area contributed by atoms with Gasteiger partial charge in [0.05, 0.1) is 12.2 Å². The van der Waals surface area contributed by atoms with Crippen LogP contribution in [0.5, 0.6) is 5.75 Å². The third-order valence-corrected chi connectivity index (χ3v) is 5.23. The molecule has 3 heteroatoms. The van der Waals surface area contributed by atoms with Crippen LogP contribution in [0.4, 0.5) is 0 Å². The van der Waals surface area contributed by atoms with Gasteiger partial charge in [0.15, 0.2) is 0 Å². The Morgan fingerprint density at radius 1 is 1.33 bits per heavy atom. The first kappa shape index (κ1) is 14.4. The molecule has 2 aliphatic rings. The highest BCUT2D eigenvalue weighted by molar-refractivity contribution is 5.97. The van der Waals surface area contributed by atoms with Crippen molar-refractivity contribution in [1.29, 1.82) is 0 Å². The number of para-hydroxylation sites is 1. The summed E-state index contributed by atoms with van der Waals surface area (Å²) < 4.78 is 5.55. The van der Waals surface area contributed by atoms with E-state index in [1.165, 1.54) is 25.7 Å². The first-order valence-corrected chi connectivity index (χ1v) is 8.21. The van der Waals surface area contributed by atoms with E-state index in [2.05, 4.69) is 12.2 Å². The Balaban J connectivity index is 1.66. The van der Waals surface area contributed by atoms with Gasteiger partial charge in [0.2, 0.25) is 0 Å². The minimum absolute atomic E-state index is 0.00526. The fourth-order valence-electron chi connectivity index (χ4n) is 4.23. The van der Waals surface area contributed by atoms with E-state index in [1.807, 2.05) is 31.2 Å². The van der Waals surface area contributed by atoms with Crippen molar-refractivity contribution in [2.45, 2.75) is 45.6 Å². The maximum atomic E-state index is 12.5. The van der Waals surface area contributed by atoms with Crippen molar-refractivity contribution in [3.8, 4) is 5.75 Å². The molecular weight excluding hydrogens is 262 g/mol. The number of nitrogens with one attached hydrogen (secondary N) is 1. The van der Waals surface area contributed by atoms with E-state index in [9.17, 15) is 4.79 Å². The van der Waals surface area contributed by atoms with Gasteiger partial charge in [-0.15, -0.1) is 0 Å². The zero-order chi connectivity index (χ0) is 14.8. The lowest BCUT2D eigenvalue weighted by Gasteiger charge is -2.28. The van der Waals surface area contributed by atoms with E-state index in [1.54, 1.807) is 0 Å². The topological polar surface area (TPSA) is 38.3 Å². The molecule has 0 aromatic heterocycles. The Hall–Kier alpha value is -1.51. The molecule has 3 nitrogen and oxygen atoms in total. The monoisotopic (exact) mass is 287 g/mol. The van der Waals surface area contributed by atoms with Gasteiger partial charge in [0.25, 0.3) is 5.91 Å². The SMILES string of the molecule is CCOc1ccccc1C(=O)N[C@H](C)[C@@H]1C[C@H]2CC[C@H]1C2. The number of fused-ring (bicyclic) bond motifs is 2. The molecular formula is C18H25NO2. The van der Waals surface area contributed by atoms with E-state index in [4.69, 9.17) is 4.74 Å². The first-order valence-electron chi connectivity index (χ1n) is 8.21. The number of hydrogen-bond acceptors (Lipinski definition) is 2. The van der Waals surface area contributed by atoms with E-state index in [0.717, 1.165) is 11.8 Å². The van der Waals surface area contributed by atoms with Crippen molar-refractivity contribution >= 4 is 5.91 Å². The summed E-state index contributed by atoms with van der Waals surface area (Å²) in [5.41, 5.74) is 0.648. The fourth-order valence-corrected chi connectivity index (χ4v) is 4.23. The number of benzene rings is 1. The quantitative estimate of drug-likeness (QED) is 0.898. The number of ether oxygens (including phenoxy) is 1. The highest BCUT2D eigenvalue weighted by Crippen LogP contribution is 2.49. The highest BCUT2D eigenvalue weighted by atomic mass is 16.5. The van der Waals surface area contributed by atoms with Gasteiger partial charge in [-0.3, -0.25) is 4.79 Å². The van der Waals surface area contributed by atoms with Crippen molar-refractivity contribution in [1.82, 2.24) is 5.32 Å². The normalized spacial score (nSPS) is 28.4. The van der Waals surface area contributed by atoms with Crippen molar-refractivity contribution in [3.05, 3.63) is 29.8 Å². The summed E-state index contributed by atoms with van der Waals surface area (Å²) in [6.07, 6.45) is 5.42. The molecule has 3 rings (SSSR count). The van der Waals surface area contributed by atoms with Gasteiger partial charge in [0.1, 0.15) is 5.75 Å². The Morgan fingerprint density at radius 3 is 2.81 bits per heavy atom. The van der Waals surface area contributed by atoms with Gasteiger partial charge >= 0.3 is 0 Å². The van der Waals surface area contributed by atoms with Crippen molar-refractivity contribution in [2.24, 2.45) is 17.8 Å². The lowest BCUT2D eigenvalue weighted by atomic mass is 9.84. The summed E-state index contributed by atoms with van der Waals surface area (Å²) in [4.78, 5) is 12.5. The van der Waals surface area contributed by atoms with Crippen molar-refractivity contribution < 1.29 is 9.53 Å². The van der Waals surface area contributed by atoms with Crippen LogP contribution in [0.1, 0.15) is 49.9 Å². The molecule has 0 saturated heterocycles. The first-order chi connectivity index (χ1) is 10.2. The van der Waals surface area contributed by atoms with Crippen LogP contribution in [0.3, 0.4) is 0 Å². The van der Waals surface area contributed by atoms with Gasteiger partial charge in [-0.1, -0.05) is 18.6 Å². The van der Waals surface area contributed by atoms with Gasteiger partial charge in [-0.25, -0.2) is 0 Å². The molecule has 114 valence electrons. The molecule has 1 amide bonds. The summed E-state index contributed by atoms with van der Waals surface area (Å²) in [5, 5.41) is 3.20. The zero-order valence-electron chi connectivity index (χ0n) is 13.0. The second-order valence-electron chi connectivity index (χ2n) is 6.53. The maximum Gasteiger partial charge on any atom is 0.255 e. The molecule has 0 aliphatic heterocycles. The van der Waals surface area contributed by atoms with Crippen LogP contribution in [0, 0.1) is 17.8 Å². The van der Waals surface area contributed by atoms with E-state index in [-0.39, 0.29) is 11.9 Å². The molecule has 21 heavy (non-hydrogen) atoms. The maximum absolute atomic E-state index is 12.5. The Morgan fingerprint density at radius 2 is 2.14 bits per heavy atom. The molecule has 1 aromatic carbocycles. The number of hydrogen-bond donors (Lipinski definition) is 1. The molecule has 2 bridgehead atoms. The molecule has 0 radical (unpaired) electrons. The molecule has 1 aromatic rings. The van der Waals surface area contributed by atoms with Crippen LogP contribution >= 0.6 is 0 Å². The Bertz CT molecular complexity index is 514. The molecule has 4 atom stereocenters. The molecule has 2 saturated carbocycles. The molecule has 1 N–H and O–H groups in total. The molecule has 0 spiro atoms. The lowest BCUT2D eigenvalue weighted by molar-refractivity contribution is 0.0911. The minimum Gasteiger partial charge on any atom is -0.493 e. The summed E-state index contributed by atoms with van der Waals surface area (Å²) >= 11 is 0. The highest BCUT2D eigenvalue weighted by Gasteiger charge is 2.42. The van der Waals surface area contributed by atoms with Crippen molar-refractivity contribution in [3.63, 3.8) is 0 Å². The van der Waals surface area contributed by atoms with E-state index in [0.29, 0.717) is 23.8 Å². The van der Waals surface area contributed by atoms with Crippen LogP contribution in [0.2, 0.25) is 0 Å². The van der Waals surface area contributed by atoms with Gasteiger partial charge in [-0.05, 0) is 63.0 Å². The summed E-state index contributed by atoms with van der Waals surface area (Å²) in [5.74, 6) is 3.07. The number of amides is 1. The third-order valence-electron chi connectivity index (χ3n) is 5.23. The van der Waals surface area contributed by atoms with Gasteiger partial charge in [-0.2, -0.15) is 0 Å². The minimum atomic E-state index is -0.00526. The molecule has 0 unspecified atom stereocenters. The smallest absolute Gasteiger partial charge is 0.255 e. The molecule has 0 heterocycles. The van der Waals surface area contributed by atoms with Gasteiger partial charge < -0.3 is 10.1 Å². The fraction of sp³-hybridized carbons (Fsp3) is 0.611. The van der Waals surface area contributed by atoms with Crippen LogP contribution in [0.25, 0.3) is 0 Å². The molecule has 2 aliphatic carbocycles. The predicted molar refractivity (Wildman–Crippen MR) is 83.5 cm³/mol. The van der Waals surface area contributed by atoms with Crippen LogP contribution < -0.4 is 10.1 Å². The van der Waals surface area contributed by atoms with E-state index < -0.39 is 0 Å². The Labute approximate surface area is 127 Å². The largest absolute Gasteiger partial charge is 0.493 e. The number of carbonyl (C=O) groups is 1. The van der Waals surface area contributed by atoms with Crippen LogP contribution in [-0.2, 0) is 0 Å². The van der Waals surface area contributed by atoms with Crippen LogP contribution in [0.15, 0.2) is 24.3 Å². The summed E-state index contributed by atoms with van der Waals surface area (Å²) in [6.45, 7) is 4.67. The zero-order valence-corrected chi connectivity index (χ0v) is 13.0. The summed E-state index contributed by atoms with van der Waals surface area (Å²) in [7, 11) is 0. The number of carbonyl (C=O) groups excluding carboxylic acids is 1. The predicted octanol–water partition coefficient (Wildman–Crippen LogP) is 3.64. The number of rotatable bonds is 5. The summed E-state index contributed by atoms with van der Waals surface area (Å²) in [6, 6.07) is 7.75. The standard InChI is InChI=1S/C18H25NO2/c1-3-21-17-7-5-4-6-15(17)18(20)19-12(2)16-11-13-8-9-14(16)10-13/h4-7,12-14,16H,3,8-11H2,1-2H3,(H,19,20)/t12-,13+,14+,16+/m1/s1. The molecule has 2 fully saturated rings. The average molecular weight is 287 g/mol. The Kier molecular flexibility index (Phi) is 4.18. The lowest BCUT2D eigenvalue weighted by Crippen LogP contribution is -2.40. The van der Waals surface area contributed by atoms with E-state index >= 15 is 0 Å².